The van der Waals surface area contributed by atoms with E-state index in [9.17, 15) is 19.5 Å². The van der Waals surface area contributed by atoms with Crippen LogP contribution in [0.15, 0.2) is 42.5 Å². The van der Waals surface area contributed by atoms with Crippen LogP contribution in [-0.4, -0.2) is 41.6 Å². The summed E-state index contributed by atoms with van der Waals surface area (Å²) in [5.41, 5.74) is 0.278. The molecule has 2 atom stereocenters. The molecule has 7 nitrogen and oxygen atoms in total. The first kappa shape index (κ1) is 24.0. The van der Waals surface area contributed by atoms with E-state index in [0.717, 1.165) is 31.2 Å². The number of ether oxygens (including phenoxy) is 1. The topological polar surface area (TPSA) is 105 Å². The van der Waals surface area contributed by atoms with Crippen molar-refractivity contribution in [3.63, 3.8) is 0 Å². The molecule has 1 aromatic carbocycles. The van der Waals surface area contributed by atoms with E-state index in [1.54, 1.807) is 0 Å². The standard InChI is InChI=1S/C25H34N2O5/c28-18-25(14-8-9-15-25)27-22(29)16-20-12-4-1-2-7-13-23(30)32-17-21(26-24(20)31)19-10-5-3-6-11-19/h1,3-6,10-11,20-21,28H,2,7-9,12-18H2,(H,26,31)(H,27,29)/t20-,21-/m1/s1. The third kappa shape index (κ3) is 6.92. The second kappa shape index (κ2) is 11.8. The second-order valence-corrected chi connectivity index (χ2v) is 8.85. The summed E-state index contributed by atoms with van der Waals surface area (Å²) in [6.45, 7) is -0.0362. The molecular formula is C25H34N2O5. The molecule has 1 aliphatic carbocycles. The molecule has 0 radical (unpaired) electrons. The third-order valence-corrected chi connectivity index (χ3v) is 6.34. The summed E-state index contributed by atoms with van der Waals surface area (Å²) < 4.78 is 5.42. The molecular weight excluding hydrogens is 408 g/mol. The van der Waals surface area contributed by atoms with Crippen LogP contribution in [0, 0.1) is 5.92 Å². The normalized spacial score (nSPS) is 24.4. The minimum absolute atomic E-state index is 0.0409. The van der Waals surface area contributed by atoms with Gasteiger partial charge in [0, 0.05) is 12.8 Å². The molecule has 1 heterocycles. The zero-order chi connectivity index (χ0) is 22.8. The number of cyclic esters (lactones) is 1. The summed E-state index contributed by atoms with van der Waals surface area (Å²) in [5.74, 6) is -1.30. The van der Waals surface area contributed by atoms with Crippen molar-refractivity contribution >= 4 is 17.8 Å². The number of nitrogens with one attached hydrogen (secondary N) is 2. The number of esters is 1. The molecule has 32 heavy (non-hydrogen) atoms. The van der Waals surface area contributed by atoms with Gasteiger partial charge in [-0.3, -0.25) is 14.4 Å². The van der Waals surface area contributed by atoms with Gasteiger partial charge in [0.05, 0.1) is 24.1 Å². The van der Waals surface area contributed by atoms with Crippen molar-refractivity contribution in [3.8, 4) is 0 Å². The Hall–Kier alpha value is -2.67. The van der Waals surface area contributed by atoms with E-state index in [0.29, 0.717) is 25.7 Å². The Labute approximate surface area is 189 Å². The van der Waals surface area contributed by atoms with Crippen molar-refractivity contribution in [2.45, 2.75) is 69.4 Å². The fraction of sp³-hybridized carbons (Fsp3) is 0.560. The number of aliphatic hydroxyl groups excluding tert-OH is 1. The van der Waals surface area contributed by atoms with Crippen molar-refractivity contribution in [1.82, 2.24) is 10.6 Å². The Morgan fingerprint density at radius 1 is 1.12 bits per heavy atom. The van der Waals surface area contributed by atoms with Gasteiger partial charge in [-0.1, -0.05) is 55.3 Å². The van der Waals surface area contributed by atoms with Gasteiger partial charge in [-0.15, -0.1) is 0 Å². The molecule has 2 aliphatic rings. The average molecular weight is 443 g/mol. The van der Waals surface area contributed by atoms with Gasteiger partial charge in [-0.25, -0.2) is 0 Å². The number of allylic oxidation sites excluding steroid dienone is 2. The Morgan fingerprint density at radius 3 is 2.59 bits per heavy atom. The Bertz CT molecular complexity index is 802. The van der Waals surface area contributed by atoms with Crippen LogP contribution in [0.4, 0.5) is 0 Å². The molecule has 1 aliphatic heterocycles. The summed E-state index contributed by atoms with van der Waals surface area (Å²) in [6, 6.07) is 8.89. The number of amides is 2. The summed E-state index contributed by atoms with van der Waals surface area (Å²) in [6.07, 6.45) is 9.52. The maximum absolute atomic E-state index is 13.2. The summed E-state index contributed by atoms with van der Waals surface area (Å²) in [4.78, 5) is 38.0. The van der Waals surface area contributed by atoms with E-state index in [1.165, 1.54) is 0 Å². The highest BCUT2D eigenvalue weighted by atomic mass is 16.5. The molecule has 174 valence electrons. The minimum atomic E-state index is -0.562. The number of carbonyl (C=O) groups excluding carboxylic acids is 3. The van der Waals surface area contributed by atoms with Gasteiger partial charge in [0.2, 0.25) is 11.8 Å². The highest BCUT2D eigenvalue weighted by Gasteiger charge is 2.35. The molecule has 7 heteroatoms. The summed E-state index contributed by atoms with van der Waals surface area (Å²) >= 11 is 0. The van der Waals surface area contributed by atoms with E-state index in [2.05, 4.69) is 10.6 Å². The first-order valence-corrected chi connectivity index (χ1v) is 11.6. The lowest BCUT2D eigenvalue weighted by molar-refractivity contribution is -0.145. The summed E-state index contributed by atoms with van der Waals surface area (Å²) in [5, 5.41) is 15.8. The van der Waals surface area contributed by atoms with Gasteiger partial charge in [0.25, 0.3) is 0 Å². The average Bonchev–Trinajstić information content (AvgIpc) is 3.27. The van der Waals surface area contributed by atoms with Crippen LogP contribution in [0.1, 0.15) is 69.4 Å². The first-order chi connectivity index (χ1) is 15.5. The van der Waals surface area contributed by atoms with Gasteiger partial charge in [0.1, 0.15) is 6.61 Å². The molecule has 0 aromatic heterocycles. The maximum Gasteiger partial charge on any atom is 0.305 e. The lowest BCUT2D eigenvalue weighted by atomic mass is 9.95. The first-order valence-electron chi connectivity index (χ1n) is 11.6. The number of aliphatic hydroxyl groups is 1. The van der Waals surface area contributed by atoms with Crippen LogP contribution < -0.4 is 10.6 Å². The quantitative estimate of drug-likeness (QED) is 0.480. The van der Waals surface area contributed by atoms with Crippen molar-refractivity contribution in [1.29, 1.82) is 0 Å². The maximum atomic E-state index is 13.2. The molecule has 1 saturated carbocycles. The fourth-order valence-corrected chi connectivity index (χ4v) is 4.42. The molecule has 0 unspecified atom stereocenters. The molecule has 1 fully saturated rings. The van der Waals surface area contributed by atoms with Crippen LogP contribution in [0.25, 0.3) is 0 Å². The molecule has 1 aromatic rings. The monoisotopic (exact) mass is 442 g/mol. The Morgan fingerprint density at radius 2 is 1.88 bits per heavy atom. The highest BCUT2D eigenvalue weighted by Crippen LogP contribution is 2.29. The van der Waals surface area contributed by atoms with Crippen LogP contribution in [0.5, 0.6) is 0 Å². The van der Waals surface area contributed by atoms with Crippen molar-refractivity contribution < 1.29 is 24.2 Å². The van der Waals surface area contributed by atoms with Crippen LogP contribution in [0.2, 0.25) is 0 Å². The number of hydrogen-bond donors (Lipinski definition) is 3. The van der Waals surface area contributed by atoms with Crippen LogP contribution in [0.3, 0.4) is 0 Å². The van der Waals surface area contributed by atoms with Crippen LogP contribution >= 0.6 is 0 Å². The van der Waals surface area contributed by atoms with Crippen LogP contribution in [-0.2, 0) is 19.1 Å². The Kier molecular flexibility index (Phi) is 8.85. The molecule has 2 amide bonds. The predicted octanol–water partition coefficient (Wildman–Crippen LogP) is 2.94. The summed E-state index contributed by atoms with van der Waals surface area (Å²) in [7, 11) is 0. The minimum Gasteiger partial charge on any atom is -0.463 e. The lowest BCUT2D eigenvalue weighted by Crippen LogP contribution is -2.50. The smallest absolute Gasteiger partial charge is 0.305 e. The van der Waals surface area contributed by atoms with E-state index < -0.39 is 17.5 Å². The van der Waals surface area contributed by atoms with Crippen molar-refractivity contribution in [2.75, 3.05) is 13.2 Å². The van der Waals surface area contributed by atoms with E-state index >= 15 is 0 Å². The van der Waals surface area contributed by atoms with Gasteiger partial charge in [-0.05, 0) is 37.7 Å². The number of rotatable bonds is 5. The molecule has 3 rings (SSSR count). The van der Waals surface area contributed by atoms with E-state index in [1.807, 2.05) is 42.5 Å². The zero-order valence-electron chi connectivity index (χ0n) is 18.6. The molecule has 0 spiro atoms. The van der Waals surface area contributed by atoms with Gasteiger partial charge < -0.3 is 20.5 Å². The largest absolute Gasteiger partial charge is 0.463 e. The second-order valence-electron chi connectivity index (χ2n) is 8.85. The highest BCUT2D eigenvalue weighted by molar-refractivity contribution is 5.86. The molecule has 3 N–H and O–H groups in total. The zero-order valence-corrected chi connectivity index (χ0v) is 18.6. The van der Waals surface area contributed by atoms with Gasteiger partial charge in [-0.2, -0.15) is 0 Å². The van der Waals surface area contributed by atoms with Crippen molar-refractivity contribution in [3.05, 3.63) is 48.0 Å². The molecule has 0 bridgehead atoms. The third-order valence-electron chi connectivity index (χ3n) is 6.34. The predicted molar refractivity (Wildman–Crippen MR) is 120 cm³/mol. The number of carbonyl (C=O) groups is 3. The fourth-order valence-electron chi connectivity index (χ4n) is 4.42. The molecule has 0 saturated heterocycles. The Balaban J connectivity index is 1.73. The number of benzene rings is 1. The lowest BCUT2D eigenvalue weighted by Gasteiger charge is -2.29. The van der Waals surface area contributed by atoms with Crippen molar-refractivity contribution in [2.24, 2.45) is 5.92 Å². The van der Waals surface area contributed by atoms with E-state index in [-0.39, 0.29) is 37.4 Å². The van der Waals surface area contributed by atoms with E-state index in [4.69, 9.17) is 4.74 Å². The number of hydrogen-bond acceptors (Lipinski definition) is 5. The van der Waals surface area contributed by atoms with Gasteiger partial charge in [0.15, 0.2) is 0 Å². The SMILES string of the molecule is O=C(C[C@H]1CC=CCCCC(=O)OC[C@H](c2ccccc2)NC1=O)NC1(CO)CCCC1. The van der Waals surface area contributed by atoms with Gasteiger partial charge >= 0.3 is 5.97 Å².